The van der Waals surface area contributed by atoms with Gasteiger partial charge in [0, 0.05) is 6.42 Å². The molecule has 1 N–H and O–H groups in total. The summed E-state index contributed by atoms with van der Waals surface area (Å²) in [7, 11) is 0. The summed E-state index contributed by atoms with van der Waals surface area (Å²) in [5, 5.41) is 12.6. The number of aliphatic hydroxyl groups excluding tert-OH is 1. The van der Waals surface area contributed by atoms with Gasteiger partial charge in [-0.3, -0.25) is 0 Å². The summed E-state index contributed by atoms with van der Waals surface area (Å²) >= 11 is 5.67. The van der Waals surface area contributed by atoms with E-state index >= 15 is 0 Å². The predicted molar refractivity (Wildman–Crippen MR) is 84.0 cm³/mol. The molecule has 106 valence electrons. The van der Waals surface area contributed by atoms with E-state index in [-0.39, 0.29) is 5.02 Å². The molecule has 0 aliphatic carbocycles. The maximum absolute atomic E-state index is 13.5. The van der Waals surface area contributed by atoms with E-state index in [1.165, 1.54) is 12.1 Å². The number of halogens is 2. The van der Waals surface area contributed by atoms with E-state index in [4.69, 9.17) is 11.6 Å². The Balaban J connectivity index is 1.92. The normalized spacial score (nSPS) is 12.5. The van der Waals surface area contributed by atoms with E-state index in [0.717, 1.165) is 16.3 Å². The lowest BCUT2D eigenvalue weighted by atomic mass is 9.97. The van der Waals surface area contributed by atoms with Crippen LogP contribution in [-0.4, -0.2) is 5.11 Å². The van der Waals surface area contributed by atoms with Gasteiger partial charge in [-0.1, -0.05) is 60.1 Å². The molecule has 0 amide bonds. The summed E-state index contributed by atoms with van der Waals surface area (Å²) in [6, 6.07) is 18.4. The standard InChI is InChI=1S/C18H14ClFO/c19-16-9-8-14(10-17(16)20)18(21)11-13-6-3-5-12-4-1-2-7-15(12)13/h1-10,18,21H,11H2. The van der Waals surface area contributed by atoms with Crippen LogP contribution in [0, 0.1) is 5.82 Å². The largest absolute Gasteiger partial charge is 0.388 e. The van der Waals surface area contributed by atoms with Crippen LogP contribution in [0.4, 0.5) is 4.39 Å². The fourth-order valence-corrected chi connectivity index (χ4v) is 2.63. The highest BCUT2D eigenvalue weighted by molar-refractivity contribution is 6.30. The quantitative estimate of drug-likeness (QED) is 0.729. The summed E-state index contributed by atoms with van der Waals surface area (Å²) < 4.78 is 13.5. The van der Waals surface area contributed by atoms with Crippen LogP contribution in [-0.2, 0) is 6.42 Å². The average Bonchev–Trinajstić information content (AvgIpc) is 2.50. The lowest BCUT2D eigenvalue weighted by Crippen LogP contribution is -2.03. The van der Waals surface area contributed by atoms with E-state index in [2.05, 4.69) is 0 Å². The molecule has 1 atom stereocenters. The van der Waals surface area contributed by atoms with Gasteiger partial charge in [0.15, 0.2) is 0 Å². The van der Waals surface area contributed by atoms with Crippen LogP contribution >= 0.6 is 11.6 Å². The highest BCUT2D eigenvalue weighted by Gasteiger charge is 2.12. The van der Waals surface area contributed by atoms with Crippen molar-refractivity contribution in [2.75, 3.05) is 0 Å². The van der Waals surface area contributed by atoms with Crippen molar-refractivity contribution in [2.45, 2.75) is 12.5 Å². The van der Waals surface area contributed by atoms with E-state index < -0.39 is 11.9 Å². The number of aliphatic hydroxyl groups is 1. The molecule has 3 heteroatoms. The molecule has 0 saturated carbocycles. The third-order valence-corrected chi connectivity index (χ3v) is 3.93. The summed E-state index contributed by atoms with van der Waals surface area (Å²) in [6.07, 6.45) is -0.329. The van der Waals surface area contributed by atoms with Gasteiger partial charge in [-0.2, -0.15) is 0 Å². The monoisotopic (exact) mass is 300 g/mol. The number of hydrogen-bond donors (Lipinski definition) is 1. The minimum Gasteiger partial charge on any atom is -0.388 e. The van der Waals surface area contributed by atoms with Crippen LogP contribution in [0.25, 0.3) is 10.8 Å². The number of rotatable bonds is 3. The molecule has 3 rings (SSSR count). The Bertz CT molecular complexity index is 780. The molecule has 1 nitrogen and oxygen atoms in total. The first-order chi connectivity index (χ1) is 10.1. The van der Waals surface area contributed by atoms with Crippen molar-refractivity contribution < 1.29 is 9.50 Å². The Morgan fingerprint density at radius 2 is 1.76 bits per heavy atom. The van der Waals surface area contributed by atoms with Gasteiger partial charge in [0.05, 0.1) is 11.1 Å². The van der Waals surface area contributed by atoms with Crippen LogP contribution < -0.4 is 0 Å². The van der Waals surface area contributed by atoms with E-state index in [1.54, 1.807) is 6.07 Å². The van der Waals surface area contributed by atoms with Gasteiger partial charge in [-0.05, 0) is 34.0 Å². The molecule has 3 aromatic rings. The Labute approximate surface area is 127 Å². The van der Waals surface area contributed by atoms with Gasteiger partial charge in [0.25, 0.3) is 0 Å². The van der Waals surface area contributed by atoms with Gasteiger partial charge in [-0.15, -0.1) is 0 Å². The van der Waals surface area contributed by atoms with Gasteiger partial charge in [-0.25, -0.2) is 4.39 Å². The molecular formula is C18H14ClFO. The molecule has 3 aromatic carbocycles. The molecule has 0 aliphatic rings. The number of fused-ring (bicyclic) bond motifs is 1. The van der Waals surface area contributed by atoms with Gasteiger partial charge in [0.1, 0.15) is 5.82 Å². The van der Waals surface area contributed by atoms with Gasteiger partial charge >= 0.3 is 0 Å². The van der Waals surface area contributed by atoms with Crippen LogP contribution in [0.15, 0.2) is 60.7 Å². The van der Waals surface area contributed by atoms with Crippen molar-refractivity contribution in [1.29, 1.82) is 0 Å². The van der Waals surface area contributed by atoms with Crippen LogP contribution in [0.2, 0.25) is 5.02 Å². The maximum Gasteiger partial charge on any atom is 0.142 e. The Morgan fingerprint density at radius 3 is 2.57 bits per heavy atom. The van der Waals surface area contributed by atoms with Crippen molar-refractivity contribution in [1.82, 2.24) is 0 Å². The lowest BCUT2D eigenvalue weighted by molar-refractivity contribution is 0.178. The smallest absolute Gasteiger partial charge is 0.142 e. The minimum atomic E-state index is -0.762. The highest BCUT2D eigenvalue weighted by atomic mass is 35.5. The molecule has 0 heterocycles. The molecule has 0 aromatic heterocycles. The van der Waals surface area contributed by atoms with Crippen molar-refractivity contribution >= 4 is 22.4 Å². The highest BCUT2D eigenvalue weighted by Crippen LogP contribution is 2.26. The summed E-state index contributed by atoms with van der Waals surface area (Å²) in [6.45, 7) is 0. The third kappa shape index (κ3) is 2.92. The molecule has 0 radical (unpaired) electrons. The minimum absolute atomic E-state index is 0.0658. The first kappa shape index (κ1) is 14.1. The Kier molecular flexibility index (Phi) is 3.91. The second-order valence-corrected chi connectivity index (χ2v) is 5.44. The molecule has 0 aliphatic heterocycles. The number of hydrogen-bond acceptors (Lipinski definition) is 1. The fourth-order valence-electron chi connectivity index (χ4n) is 2.52. The Hall–Kier alpha value is -1.90. The van der Waals surface area contributed by atoms with Crippen molar-refractivity contribution in [3.63, 3.8) is 0 Å². The fraction of sp³-hybridized carbons (Fsp3) is 0.111. The van der Waals surface area contributed by atoms with Crippen molar-refractivity contribution in [2.24, 2.45) is 0 Å². The molecule has 0 saturated heterocycles. The topological polar surface area (TPSA) is 20.2 Å². The average molecular weight is 301 g/mol. The molecule has 0 fully saturated rings. The maximum atomic E-state index is 13.5. The zero-order valence-corrected chi connectivity index (χ0v) is 12.0. The van der Waals surface area contributed by atoms with Gasteiger partial charge < -0.3 is 5.11 Å². The molecular weight excluding hydrogens is 287 g/mol. The first-order valence-corrected chi connectivity index (χ1v) is 7.12. The van der Waals surface area contributed by atoms with E-state index in [9.17, 15) is 9.50 Å². The lowest BCUT2D eigenvalue weighted by Gasteiger charge is -2.13. The molecule has 0 spiro atoms. The second kappa shape index (κ2) is 5.84. The zero-order chi connectivity index (χ0) is 14.8. The van der Waals surface area contributed by atoms with Crippen LogP contribution in [0.5, 0.6) is 0 Å². The molecule has 1 unspecified atom stereocenters. The molecule has 21 heavy (non-hydrogen) atoms. The summed E-state index contributed by atoms with van der Waals surface area (Å²) in [4.78, 5) is 0. The molecule has 0 bridgehead atoms. The Morgan fingerprint density at radius 1 is 1.00 bits per heavy atom. The first-order valence-electron chi connectivity index (χ1n) is 6.75. The van der Waals surface area contributed by atoms with Gasteiger partial charge in [0.2, 0.25) is 0 Å². The van der Waals surface area contributed by atoms with Crippen LogP contribution in [0.3, 0.4) is 0 Å². The summed E-state index contributed by atoms with van der Waals surface area (Å²) in [5.74, 6) is -0.508. The second-order valence-electron chi connectivity index (χ2n) is 5.03. The van der Waals surface area contributed by atoms with E-state index in [0.29, 0.717) is 12.0 Å². The van der Waals surface area contributed by atoms with Crippen LogP contribution in [0.1, 0.15) is 17.2 Å². The predicted octanol–water partition coefficient (Wildman–Crippen LogP) is 4.91. The number of benzene rings is 3. The SMILES string of the molecule is OC(Cc1cccc2ccccc12)c1ccc(Cl)c(F)c1. The van der Waals surface area contributed by atoms with E-state index in [1.807, 2.05) is 42.5 Å². The third-order valence-electron chi connectivity index (χ3n) is 3.62. The van der Waals surface area contributed by atoms with Crippen molar-refractivity contribution in [3.05, 3.63) is 82.6 Å². The van der Waals surface area contributed by atoms with Crippen molar-refractivity contribution in [3.8, 4) is 0 Å². The summed E-state index contributed by atoms with van der Waals surface area (Å²) in [5.41, 5.74) is 1.57. The zero-order valence-electron chi connectivity index (χ0n) is 11.3.